The number of nitrogens with one attached hydrogen (secondary N) is 1. The Morgan fingerprint density at radius 2 is 2.33 bits per heavy atom. The Labute approximate surface area is 127 Å². The third-order valence-electron chi connectivity index (χ3n) is 4.01. The van der Waals surface area contributed by atoms with Crippen LogP contribution in [0.1, 0.15) is 51.8 Å². The maximum absolute atomic E-state index is 5.78. The molecule has 0 saturated carbocycles. The topological polar surface area (TPSA) is 78.0 Å². The molecule has 2 atom stereocenters. The molecule has 120 valence electrons. The van der Waals surface area contributed by atoms with Gasteiger partial charge in [-0.05, 0) is 38.0 Å². The molecule has 2 unspecified atom stereocenters. The fourth-order valence-electron chi connectivity index (χ4n) is 2.83. The first-order valence-corrected chi connectivity index (χ1v) is 8.13. The highest BCUT2D eigenvalue weighted by atomic mass is 16.5. The van der Waals surface area contributed by atoms with E-state index in [1.54, 1.807) is 6.33 Å². The Balaban J connectivity index is 1.82. The molecule has 6 heteroatoms. The van der Waals surface area contributed by atoms with Gasteiger partial charge in [0.2, 0.25) is 0 Å². The second-order valence-corrected chi connectivity index (χ2v) is 6.39. The molecule has 0 radical (unpaired) electrons. The number of rotatable bonds is 8. The van der Waals surface area contributed by atoms with Gasteiger partial charge in [0.25, 0.3) is 0 Å². The highest BCUT2D eigenvalue weighted by Gasteiger charge is 2.18. The summed E-state index contributed by atoms with van der Waals surface area (Å²) in [5.74, 6) is 7.28. The first-order chi connectivity index (χ1) is 10.2. The molecule has 1 aliphatic rings. The molecule has 1 fully saturated rings. The smallest absolute Gasteiger partial charge is 0.138 e. The average Bonchev–Trinajstić information content (AvgIpc) is 2.90. The zero-order chi connectivity index (χ0) is 15.1. The lowest BCUT2D eigenvalue weighted by Gasteiger charge is -2.24. The minimum atomic E-state index is 0.227. The molecule has 2 rings (SSSR count). The first kappa shape index (κ1) is 16.4. The van der Waals surface area contributed by atoms with Gasteiger partial charge < -0.3 is 4.74 Å². The highest BCUT2D eigenvalue weighted by molar-refractivity contribution is 4.90. The molecule has 21 heavy (non-hydrogen) atoms. The Morgan fingerprint density at radius 3 is 3.00 bits per heavy atom. The van der Waals surface area contributed by atoms with E-state index in [-0.39, 0.29) is 6.04 Å². The van der Waals surface area contributed by atoms with Crippen molar-refractivity contribution in [3.63, 3.8) is 0 Å². The molecule has 1 aliphatic heterocycles. The summed E-state index contributed by atoms with van der Waals surface area (Å²) in [6, 6.07) is 0.227. The number of aromatic nitrogens is 3. The zero-order valence-electron chi connectivity index (χ0n) is 13.3. The van der Waals surface area contributed by atoms with Crippen molar-refractivity contribution in [1.29, 1.82) is 0 Å². The molecule has 3 N–H and O–H groups in total. The fourth-order valence-corrected chi connectivity index (χ4v) is 2.83. The van der Waals surface area contributed by atoms with Crippen molar-refractivity contribution in [2.75, 3.05) is 6.61 Å². The van der Waals surface area contributed by atoms with Crippen molar-refractivity contribution in [2.24, 2.45) is 11.8 Å². The van der Waals surface area contributed by atoms with Crippen molar-refractivity contribution < 1.29 is 4.74 Å². The van der Waals surface area contributed by atoms with E-state index in [0.29, 0.717) is 12.0 Å². The number of hydrogen-bond donors (Lipinski definition) is 2. The van der Waals surface area contributed by atoms with Gasteiger partial charge in [-0.1, -0.05) is 13.8 Å². The molecule has 0 bridgehead atoms. The number of nitrogens with zero attached hydrogens (tertiary/aromatic N) is 3. The maximum Gasteiger partial charge on any atom is 0.138 e. The van der Waals surface area contributed by atoms with Crippen LogP contribution in [0.25, 0.3) is 0 Å². The Bertz CT molecular complexity index is 401. The minimum absolute atomic E-state index is 0.227. The molecule has 1 aromatic heterocycles. The first-order valence-electron chi connectivity index (χ1n) is 8.13. The maximum atomic E-state index is 5.78. The highest BCUT2D eigenvalue weighted by Crippen LogP contribution is 2.18. The third-order valence-corrected chi connectivity index (χ3v) is 4.01. The normalized spacial score (nSPS) is 20.9. The van der Waals surface area contributed by atoms with Crippen molar-refractivity contribution in [3.05, 3.63) is 12.2 Å². The minimum Gasteiger partial charge on any atom is -0.378 e. The summed E-state index contributed by atoms with van der Waals surface area (Å²) in [5.41, 5.74) is 2.92. The lowest BCUT2D eigenvalue weighted by atomic mass is 10.0. The molecule has 0 aliphatic carbocycles. The van der Waals surface area contributed by atoms with E-state index in [1.165, 1.54) is 19.3 Å². The monoisotopic (exact) mass is 295 g/mol. The van der Waals surface area contributed by atoms with Crippen LogP contribution in [0, 0.1) is 5.92 Å². The van der Waals surface area contributed by atoms with E-state index in [0.717, 1.165) is 38.2 Å². The number of hydrazine groups is 1. The fraction of sp³-hybridized carbons (Fsp3) is 0.867. The predicted octanol–water partition coefficient (Wildman–Crippen LogP) is 1.66. The third kappa shape index (κ3) is 5.37. The van der Waals surface area contributed by atoms with Gasteiger partial charge >= 0.3 is 0 Å². The molecular formula is C15H29N5O. The van der Waals surface area contributed by atoms with Gasteiger partial charge in [0.05, 0.1) is 6.10 Å². The van der Waals surface area contributed by atoms with E-state index in [1.807, 2.05) is 4.68 Å². The van der Waals surface area contributed by atoms with E-state index >= 15 is 0 Å². The molecule has 1 aromatic rings. The quantitative estimate of drug-likeness (QED) is 0.563. The van der Waals surface area contributed by atoms with Gasteiger partial charge in [-0.2, -0.15) is 5.10 Å². The predicted molar refractivity (Wildman–Crippen MR) is 82.5 cm³/mol. The molecular weight excluding hydrogens is 266 g/mol. The van der Waals surface area contributed by atoms with Crippen molar-refractivity contribution in [1.82, 2.24) is 20.2 Å². The van der Waals surface area contributed by atoms with Crippen LogP contribution in [0.5, 0.6) is 0 Å². The lowest BCUT2D eigenvalue weighted by molar-refractivity contribution is 0.00854. The summed E-state index contributed by atoms with van der Waals surface area (Å²) >= 11 is 0. The summed E-state index contributed by atoms with van der Waals surface area (Å²) in [4.78, 5) is 4.38. The summed E-state index contributed by atoms with van der Waals surface area (Å²) in [7, 11) is 0. The summed E-state index contributed by atoms with van der Waals surface area (Å²) < 4.78 is 7.77. The van der Waals surface area contributed by atoms with Crippen LogP contribution in [0.3, 0.4) is 0 Å². The van der Waals surface area contributed by atoms with Gasteiger partial charge in [0, 0.05) is 25.6 Å². The molecule has 1 saturated heterocycles. The van der Waals surface area contributed by atoms with Crippen LogP contribution in [-0.4, -0.2) is 33.5 Å². The van der Waals surface area contributed by atoms with Crippen LogP contribution < -0.4 is 11.3 Å². The van der Waals surface area contributed by atoms with Crippen molar-refractivity contribution >= 4 is 0 Å². The van der Waals surface area contributed by atoms with Gasteiger partial charge in [-0.3, -0.25) is 11.3 Å². The van der Waals surface area contributed by atoms with Gasteiger partial charge in [0.15, 0.2) is 0 Å². The molecule has 0 spiro atoms. The van der Waals surface area contributed by atoms with Gasteiger partial charge in [-0.25, -0.2) is 9.67 Å². The Hall–Kier alpha value is -0.980. The second kappa shape index (κ2) is 8.46. The molecule has 0 aromatic carbocycles. The average molecular weight is 295 g/mol. The molecule has 0 amide bonds. The molecule has 6 nitrogen and oxygen atoms in total. The van der Waals surface area contributed by atoms with E-state index in [4.69, 9.17) is 10.6 Å². The van der Waals surface area contributed by atoms with Crippen LogP contribution in [0.15, 0.2) is 6.33 Å². The largest absolute Gasteiger partial charge is 0.378 e. The van der Waals surface area contributed by atoms with E-state index < -0.39 is 0 Å². The van der Waals surface area contributed by atoms with E-state index in [9.17, 15) is 0 Å². The van der Waals surface area contributed by atoms with Crippen LogP contribution in [0.2, 0.25) is 0 Å². The summed E-state index contributed by atoms with van der Waals surface area (Å²) in [6.45, 7) is 6.18. The van der Waals surface area contributed by atoms with Gasteiger partial charge in [-0.15, -0.1) is 0 Å². The standard InChI is InChI=1S/C15H29N5O/c1-12(2)10-20-15(17-11-18-20)9-13(19-16)6-7-14-5-3-4-8-21-14/h11-14,19H,3-10,16H2,1-2H3. The Kier molecular flexibility index (Phi) is 6.60. The van der Waals surface area contributed by atoms with Crippen LogP contribution in [-0.2, 0) is 17.7 Å². The Morgan fingerprint density at radius 1 is 1.48 bits per heavy atom. The number of nitrogens with two attached hydrogens (primary N) is 1. The van der Waals surface area contributed by atoms with Crippen molar-refractivity contribution in [2.45, 2.75) is 71.1 Å². The number of ether oxygens (including phenoxy) is 1. The second-order valence-electron chi connectivity index (χ2n) is 6.39. The lowest BCUT2D eigenvalue weighted by Crippen LogP contribution is -2.38. The van der Waals surface area contributed by atoms with Crippen LogP contribution >= 0.6 is 0 Å². The molecule has 2 heterocycles. The zero-order valence-corrected chi connectivity index (χ0v) is 13.3. The van der Waals surface area contributed by atoms with Crippen LogP contribution in [0.4, 0.5) is 0 Å². The SMILES string of the molecule is CC(C)Cn1ncnc1CC(CCC1CCCCO1)NN. The van der Waals surface area contributed by atoms with Gasteiger partial charge in [0.1, 0.15) is 12.2 Å². The number of hydrogen-bond acceptors (Lipinski definition) is 5. The van der Waals surface area contributed by atoms with Crippen molar-refractivity contribution in [3.8, 4) is 0 Å². The summed E-state index contributed by atoms with van der Waals surface area (Å²) in [5, 5.41) is 4.31. The van der Waals surface area contributed by atoms with E-state index in [2.05, 4.69) is 29.4 Å². The summed E-state index contributed by atoms with van der Waals surface area (Å²) in [6.07, 6.45) is 8.60.